The maximum atomic E-state index is 12.2. The van der Waals surface area contributed by atoms with Crippen LogP contribution in [0.2, 0.25) is 0 Å². The lowest BCUT2D eigenvalue weighted by Crippen LogP contribution is -2.37. The van der Waals surface area contributed by atoms with Crippen molar-refractivity contribution in [1.82, 2.24) is 10.3 Å². The summed E-state index contributed by atoms with van der Waals surface area (Å²) in [4.78, 5) is 16.3. The van der Waals surface area contributed by atoms with Gasteiger partial charge >= 0.3 is 5.97 Å². The van der Waals surface area contributed by atoms with Gasteiger partial charge in [-0.15, -0.1) is 0 Å². The molecule has 104 valence electrons. The summed E-state index contributed by atoms with van der Waals surface area (Å²) in [6.07, 6.45) is 8.25. The quantitative estimate of drug-likeness (QED) is 0.828. The number of ether oxygens (including phenoxy) is 1. The minimum Gasteiger partial charge on any atom is -0.465 e. The second-order valence-corrected chi connectivity index (χ2v) is 5.07. The first-order valence-electron chi connectivity index (χ1n) is 7.05. The second-order valence-electron chi connectivity index (χ2n) is 5.07. The topological polar surface area (TPSA) is 51.2 Å². The van der Waals surface area contributed by atoms with E-state index in [-0.39, 0.29) is 5.97 Å². The molecule has 0 amide bonds. The molecule has 0 aromatic carbocycles. The van der Waals surface area contributed by atoms with Gasteiger partial charge in [0.2, 0.25) is 0 Å². The molecule has 0 bridgehead atoms. The van der Waals surface area contributed by atoms with Crippen LogP contribution in [0.5, 0.6) is 0 Å². The van der Waals surface area contributed by atoms with Crippen molar-refractivity contribution in [3.05, 3.63) is 29.6 Å². The van der Waals surface area contributed by atoms with E-state index in [4.69, 9.17) is 4.74 Å². The summed E-state index contributed by atoms with van der Waals surface area (Å²) in [5.41, 5.74) is 1.99. The predicted molar refractivity (Wildman–Crippen MR) is 73.7 cm³/mol. The number of carbonyl (C=O) groups excluding carboxylic acids is 1. The Balaban J connectivity index is 2.18. The molecule has 19 heavy (non-hydrogen) atoms. The van der Waals surface area contributed by atoms with Crippen LogP contribution in [0.4, 0.5) is 0 Å². The van der Waals surface area contributed by atoms with Gasteiger partial charge in [-0.25, -0.2) is 4.79 Å². The molecule has 1 aromatic rings. The van der Waals surface area contributed by atoms with Crippen molar-refractivity contribution >= 4 is 5.97 Å². The lowest BCUT2D eigenvalue weighted by atomic mass is 10.0. The number of hydrogen-bond donors (Lipinski definition) is 1. The van der Waals surface area contributed by atoms with Crippen molar-refractivity contribution in [2.75, 3.05) is 6.61 Å². The van der Waals surface area contributed by atoms with E-state index < -0.39 is 6.04 Å². The van der Waals surface area contributed by atoms with Crippen LogP contribution in [0.3, 0.4) is 0 Å². The molecule has 1 N–H and O–H groups in total. The molecule has 1 fully saturated rings. The summed E-state index contributed by atoms with van der Waals surface area (Å²) >= 11 is 0. The number of hydrogen-bond acceptors (Lipinski definition) is 4. The van der Waals surface area contributed by atoms with E-state index >= 15 is 0 Å². The van der Waals surface area contributed by atoms with Crippen molar-refractivity contribution in [2.24, 2.45) is 0 Å². The Hall–Kier alpha value is -1.42. The van der Waals surface area contributed by atoms with Gasteiger partial charge in [0, 0.05) is 24.0 Å². The highest BCUT2D eigenvalue weighted by Gasteiger charge is 2.27. The third-order valence-electron chi connectivity index (χ3n) is 3.67. The molecule has 1 aliphatic carbocycles. The summed E-state index contributed by atoms with van der Waals surface area (Å²) in [6, 6.07) is 1.95. The van der Waals surface area contributed by atoms with Crippen LogP contribution in [0, 0.1) is 6.92 Å². The van der Waals surface area contributed by atoms with Crippen molar-refractivity contribution in [3.63, 3.8) is 0 Å². The van der Waals surface area contributed by atoms with E-state index in [1.54, 1.807) is 12.4 Å². The highest BCUT2D eigenvalue weighted by molar-refractivity contribution is 5.78. The van der Waals surface area contributed by atoms with E-state index in [2.05, 4.69) is 10.3 Å². The molecule has 1 aliphatic rings. The second kappa shape index (κ2) is 6.66. The maximum absolute atomic E-state index is 12.2. The van der Waals surface area contributed by atoms with E-state index in [1.807, 2.05) is 19.9 Å². The van der Waals surface area contributed by atoms with Crippen LogP contribution in [0.25, 0.3) is 0 Å². The van der Waals surface area contributed by atoms with Gasteiger partial charge in [0.15, 0.2) is 0 Å². The Morgan fingerprint density at radius 1 is 1.53 bits per heavy atom. The molecule has 0 spiro atoms. The Labute approximate surface area is 114 Å². The molecule has 1 saturated carbocycles. The van der Waals surface area contributed by atoms with Crippen LogP contribution < -0.4 is 5.32 Å². The smallest absolute Gasteiger partial charge is 0.327 e. The number of nitrogens with zero attached hydrogens (tertiary/aromatic N) is 1. The summed E-state index contributed by atoms with van der Waals surface area (Å²) < 4.78 is 5.19. The number of pyridine rings is 1. The summed E-state index contributed by atoms with van der Waals surface area (Å²) in [6.45, 7) is 4.24. The number of carbonyl (C=O) groups is 1. The van der Waals surface area contributed by atoms with Gasteiger partial charge < -0.3 is 4.74 Å². The first-order valence-corrected chi connectivity index (χ1v) is 7.05. The van der Waals surface area contributed by atoms with E-state index in [0.717, 1.165) is 24.0 Å². The first-order chi connectivity index (χ1) is 9.22. The summed E-state index contributed by atoms with van der Waals surface area (Å²) in [5, 5.41) is 3.44. The number of aryl methyl sites for hydroxylation is 1. The molecule has 0 radical (unpaired) electrons. The van der Waals surface area contributed by atoms with Gasteiger partial charge in [0.25, 0.3) is 0 Å². The van der Waals surface area contributed by atoms with Gasteiger partial charge in [0.1, 0.15) is 6.04 Å². The molecular formula is C15H22N2O2. The van der Waals surface area contributed by atoms with Gasteiger partial charge in [-0.05, 0) is 38.3 Å². The zero-order chi connectivity index (χ0) is 13.7. The molecule has 0 saturated heterocycles. The number of esters is 1. The minimum absolute atomic E-state index is 0.203. The third kappa shape index (κ3) is 3.53. The van der Waals surface area contributed by atoms with Crippen LogP contribution in [-0.2, 0) is 9.53 Å². The van der Waals surface area contributed by atoms with Gasteiger partial charge in [-0.3, -0.25) is 10.3 Å². The lowest BCUT2D eigenvalue weighted by Gasteiger charge is -2.22. The Kier molecular flexibility index (Phi) is 4.91. The Bertz CT molecular complexity index is 428. The van der Waals surface area contributed by atoms with Crippen molar-refractivity contribution < 1.29 is 9.53 Å². The molecule has 0 aliphatic heterocycles. The Morgan fingerprint density at radius 3 is 2.89 bits per heavy atom. The van der Waals surface area contributed by atoms with Crippen LogP contribution in [0.1, 0.15) is 49.8 Å². The SMILES string of the molecule is CCOC(=O)C(NC1CCCC1)c1cnccc1C. The molecule has 2 rings (SSSR count). The van der Waals surface area contributed by atoms with Crippen LogP contribution in [-0.4, -0.2) is 23.6 Å². The first kappa shape index (κ1) is 14.0. The Morgan fingerprint density at radius 2 is 2.26 bits per heavy atom. The normalized spacial score (nSPS) is 17.4. The molecule has 1 unspecified atom stereocenters. The predicted octanol–water partition coefficient (Wildman–Crippen LogP) is 2.53. The van der Waals surface area contributed by atoms with Gasteiger partial charge in [-0.2, -0.15) is 0 Å². The van der Waals surface area contributed by atoms with Crippen molar-refractivity contribution in [3.8, 4) is 0 Å². The fourth-order valence-electron chi connectivity index (χ4n) is 2.62. The third-order valence-corrected chi connectivity index (χ3v) is 3.67. The zero-order valence-corrected chi connectivity index (χ0v) is 11.7. The standard InChI is InChI=1S/C15H22N2O2/c1-3-19-15(18)14(17-12-6-4-5-7-12)13-10-16-9-8-11(13)2/h8-10,12,14,17H,3-7H2,1-2H3. The van der Waals surface area contributed by atoms with E-state index in [9.17, 15) is 4.79 Å². The van der Waals surface area contributed by atoms with E-state index in [1.165, 1.54) is 12.8 Å². The molecular weight excluding hydrogens is 240 g/mol. The van der Waals surface area contributed by atoms with E-state index in [0.29, 0.717) is 12.6 Å². The average molecular weight is 262 g/mol. The minimum atomic E-state index is -0.392. The number of nitrogens with one attached hydrogen (secondary N) is 1. The fourth-order valence-corrected chi connectivity index (χ4v) is 2.62. The molecule has 4 nitrogen and oxygen atoms in total. The van der Waals surface area contributed by atoms with Crippen molar-refractivity contribution in [1.29, 1.82) is 0 Å². The largest absolute Gasteiger partial charge is 0.465 e. The molecule has 1 heterocycles. The maximum Gasteiger partial charge on any atom is 0.327 e. The van der Waals surface area contributed by atoms with Gasteiger partial charge in [-0.1, -0.05) is 12.8 Å². The molecule has 1 aromatic heterocycles. The monoisotopic (exact) mass is 262 g/mol. The molecule has 1 atom stereocenters. The van der Waals surface area contributed by atoms with Crippen molar-refractivity contribution in [2.45, 2.75) is 51.6 Å². The van der Waals surface area contributed by atoms with Gasteiger partial charge in [0.05, 0.1) is 6.61 Å². The number of aromatic nitrogens is 1. The molecule has 4 heteroatoms. The zero-order valence-electron chi connectivity index (χ0n) is 11.7. The fraction of sp³-hybridized carbons (Fsp3) is 0.600. The van der Waals surface area contributed by atoms with Crippen LogP contribution in [0.15, 0.2) is 18.5 Å². The lowest BCUT2D eigenvalue weighted by molar-refractivity contribution is -0.146. The highest BCUT2D eigenvalue weighted by atomic mass is 16.5. The van der Waals surface area contributed by atoms with Crippen LogP contribution >= 0.6 is 0 Å². The number of rotatable bonds is 5. The highest BCUT2D eigenvalue weighted by Crippen LogP contribution is 2.24. The average Bonchev–Trinajstić information content (AvgIpc) is 2.90. The summed E-state index contributed by atoms with van der Waals surface area (Å²) in [5.74, 6) is -0.203. The summed E-state index contributed by atoms with van der Waals surface area (Å²) in [7, 11) is 0.